The predicted octanol–water partition coefficient (Wildman–Crippen LogP) is 5.08. The molecule has 190 valence electrons. The molecule has 37 heavy (non-hydrogen) atoms. The summed E-state index contributed by atoms with van der Waals surface area (Å²) in [7, 11) is 0. The lowest BCUT2D eigenvalue weighted by Gasteiger charge is -2.51. The summed E-state index contributed by atoms with van der Waals surface area (Å²) in [5, 5.41) is 3.29. The monoisotopic (exact) mass is 497 g/mol. The first kappa shape index (κ1) is 24.9. The van der Waals surface area contributed by atoms with Crippen LogP contribution >= 0.6 is 0 Å². The number of carbonyl (C=O) groups is 3. The molecule has 1 N–H and O–H groups in total. The lowest BCUT2D eigenvalue weighted by Crippen LogP contribution is -2.65. The lowest BCUT2D eigenvalue weighted by atomic mass is 9.82. The van der Waals surface area contributed by atoms with E-state index in [-0.39, 0.29) is 23.6 Å². The van der Waals surface area contributed by atoms with Gasteiger partial charge in [-0.15, -0.1) is 0 Å². The highest BCUT2D eigenvalue weighted by Crippen LogP contribution is 2.37. The average molecular weight is 498 g/mol. The molecule has 0 saturated carbocycles. The second kappa shape index (κ2) is 10.7. The van der Waals surface area contributed by atoms with E-state index in [1.807, 2.05) is 78.9 Å². The van der Waals surface area contributed by atoms with Gasteiger partial charge in [0.15, 0.2) is 17.9 Å². The van der Waals surface area contributed by atoms with Crippen LogP contribution in [0.3, 0.4) is 0 Å². The third-order valence-electron chi connectivity index (χ3n) is 7.86. The van der Waals surface area contributed by atoms with Crippen LogP contribution in [0.1, 0.15) is 52.1 Å². The first-order valence-electron chi connectivity index (χ1n) is 13.0. The van der Waals surface area contributed by atoms with Crippen molar-refractivity contribution in [2.45, 2.75) is 31.9 Å². The second-order valence-electron chi connectivity index (χ2n) is 10.3. The Morgan fingerprint density at radius 1 is 0.892 bits per heavy atom. The van der Waals surface area contributed by atoms with E-state index in [1.165, 1.54) is 6.92 Å². The highest BCUT2D eigenvalue weighted by Gasteiger charge is 2.49. The zero-order valence-electron chi connectivity index (χ0n) is 21.1. The maximum absolute atomic E-state index is 13.7. The molecule has 0 aliphatic carbocycles. The minimum Gasteiger partial charge on any atom is -0.454 e. The number of nitrogens with zero attached hydrogens (tertiary/aromatic N) is 1. The molecule has 3 aliphatic rings. The predicted molar refractivity (Wildman–Crippen MR) is 142 cm³/mol. The summed E-state index contributed by atoms with van der Waals surface area (Å²) in [4.78, 5) is 38.9. The normalized spacial score (nSPS) is 23.2. The van der Waals surface area contributed by atoms with Gasteiger partial charge in [-0.05, 0) is 24.6 Å². The molecular weight excluding hydrogens is 464 g/mol. The van der Waals surface area contributed by atoms with Gasteiger partial charge in [0.05, 0.1) is 13.1 Å². The van der Waals surface area contributed by atoms with Crippen molar-refractivity contribution in [2.24, 2.45) is 5.92 Å². The molecule has 0 spiro atoms. The van der Waals surface area contributed by atoms with Gasteiger partial charge in [0.25, 0.3) is 0 Å². The van der Waals surface area contributed by atoms with E-state index >= 15 is 0 Å². The van der Waals surface area contributed by atoms with Gasteiger partial charge < -0.3 is 14.5 Å². The molecule has 3 fully saturated rings. The smallest absolute Gasteiger partial charge is 0.333 e. The Kier molecular flexibility index (Phi) is 7.19. The van der Waals surface area contributed by atoms with Gasteiger partial charge in [0, 0.05) is 35.6 Å². The van der Waals surface area contributed by atoms with Crippen LogP contribution in [-0.2, 0) is 9.53 Å². The summed E-state index contributed by atoms with van der Waals surface area (Å²) in [5.41, 5.74) is 2.64. The number of nitrogens with one attached hydrogen (secondary N) is 1. The summed E-state index contributed by atoms with van der Waals surface area (Å²) in [6, 6.07) is 25.3. The Morgan fingerprint density at radius 2 is 1.51 bits per heavy atom. The van der Waals surface area contributed by atoms with E-state index in [9.17, 15) is 14.4 Å². The first-order chi connectivity index (χ1) is 17.9. The van der Waals surface area contributed by atoms with Crippen LogP contribution in [0.15, 0.2) is 84.9 Å². The van der Waals surface area contributed by atoms with Gasteiger partial charge in [-0.3, -0.25) is 9.59 Å². The lowest BCUT2D eigenvalue weighted by molar-refractivity contribution is -0.938. The van der Waals surface area contributed by atoms with E-state index in [0.717, 1.165) is 37.1 Å². The molecule has 0 aromatic heterocycles. The van der Waals surface area contributed by atoms with E-state index in [1.54, 1.807) is 6.07 Å². The molecule has 6 heteroatoms. The SMILES string of the molecule is CC(=O)c1ccccc1NC(C(=O)O[C@H]1C[N+]2(CC(=O)c3ccccc3)CCC1CC2)c1ccccc1. The van der Waals surface area contributed by atoms with Crippen molar-refractivity contribution in [3.8, 4) is 0 Å². The summed E-state index contributed by atoms with van der Waals surface area (Å²) in [6.45, 7) is 4.47. The molecule has 3 saturated heterocycles. The maximum Gasteiger partial charge on any atom is 0.333 e. The fraction of sp³-hybridized carbons (Fsp3) is 0.323. The Balaban J connectivity index is 1.34. The number of para-hydroxylation sites is 1. The Hall–Kier alpha value is -3.77. The second-order valence-corrected chi connectivity index (χ2v) is 10.3. The number of piperidine rings is 3. The van der Waals surface area contributed by atoms with Gasteiger partial charge in [0.1, 0.15) is 13.1 Å². The molecule has 3 aromatic rings. The van der Waals surface area contributed by atoms with E-state index in [0.29, 0.717) is 34.7 Å². The summed E-state index contributed by atoms with van der Waals surface area (Å²) < 4.78 is 6.88. The highest BCUT2D eigenvalue weighted by molar-refractivity contribution is 6.00. The Morgan fingerprint density at radius 3 is 2.19 bits per heavy atom. The molecule has 3 aromatic carbocycles. The molecule has 1 unspecified atom stereocenters. The number of ether oxygens (including phenoxy) is 1. The zero-order chi connectivity index (χ0) is 25.8. The first-order valence-corrected chi connectivity index (χ1v) is 13.0. The van der Waals surface area contributed by atoms with Crippen LogP contribution in [0, 0.1) is 5.92 Å². The van der Waals surface area contributed by atoms with Crippen molar-refractivity contribution in [3.05, 3.63) is 102 Å². The number of ketones is 2. The number of fused-ring (bicyclic) bond motifs is 3. The van der Waals surface area contributed by atoms with Gasteiger partial charge in [0.2, 0.25) is 5.78 Å². The number of rotatable bonds is 9. The van der Waals surface area contributed by atoms with Crippen LogP contribution in [-0.4, -0.2) is 54.3 Å². The van der Waals surface area contributed by atoms with Crippen molar-refractivity contribution in [1.29, 1.82) is 0 Å². The molecule has 3 heterocycles. The molecule has 2 atom stereocenters. The van der Waals surface area contributed by atoms with Crippen LogP contribution in [0.2, 0.25) is 0 Å². The molecule has 2 bridgehead atoms. The van der Waals surface area contributed by atoms with E-state index < -0.39 is 6.04 Å². The van der Waals surface area contributed by atoms with Crippen molar-refractivity contribution in [1.82, 2.24) is 0 Å². The van der Waals surface area contributed by atoms with Crippen LogP contribution in [0.4, 0.5) is 5.69 Å². The van der Waals surface area contributed by atoms with Gasteiger partial charge in [-0.2, -0.15) is 0 Å². The molecular formula is C31H33N2O4+. The average Bonchev–Trinajstić information content (AvgIpc) is 2.93. The molecule has 6 rings (SSSR count). The number of hydrogen-bond donors (Lipinski definition) is 1. The van der Waals surface area contributed by atoms with Crippen molar-refractivity contribution in [3.63, 3.8) is 0 Å². The van der Waals surface area contributed by atoms with Gasteiger partial charge in [-0.1, -0.05) is 72.8 Å². The van der Waals surface area contributed by atoms with Crippen LogP contribution in [0.5, 0.6) is 0 Å². The summed E-state index contributed by atoms with van der Waals surface area (Å²) in [6.07, 6.45) is 1.64. The quantitative estimate of drug-likeness (QED) is 0.254. The molecule has 3 aliphatic heterocycles. The topological polar surface area (TPSA) is 72.5 Å². The standard InChI is InChI=1S/C31H32N2O4/c1-22(34)26-14-8-9-15-27(26)32-30(25-12-6-3-7-13-25)31(36)37-29-21-33(18-16-24(29)17-19-33)20-28(35)23-10-4-2-5-11-23/h2-15,24,29-30H,16-21H2,1H3/p+1/t24?,29-,30?,33?/m0/s1. The minimum absolute atomic E-state index is 0.0739. The van der Waals surface area contributed by atoms with Crippen LogP contribution in [0.25, 0.3) is 0 Å². The number of Topliss-reactive ketones (excluding diaryl/α,β-unsaturated/α-hetero) is 2. The third-order valence-corrected chi connectivity index (χ3v) is 7.86. The van der Waals surface area contributed by atoms with E-state index in [2.05, 4.69) is 5.32 Å². The number of benzene rings is 3. The highest BCUT2D eigenvalue weighted by atomic mass is 16.5. The largest absolute Gasteiger partial charge is 0.454 e. The number of hydrogen-bond acceptors (Lipinski definition) is 5. The zero-order valence-corrected chi connectivity index (χ0v) is 21.1. The van der Waals surface area contributed by atoms with Gasteiger partial charge >= 0.3 is 5.97 Å². The fourth-order valence-electron chi connectivity index (χ4n) is 5.81. The molecule has 0 amide bonds. The van der Waals surface area contributed by atoms with Crippen molar-refractivity contribution >= 4 is 23.2 Å². The summed E-state index contributed by atoms with van der Waals surface area (Å²) >= 11 is 0. The minimum atomic E-state index is -0.753. The third kappa shape index (κ3) is 5.49. The van der Waals surface area contributed by atoms with Gasteiger partial charge in [-0.25, -0.2) is 4.79 Å². The maximum atomic E-state index is 13.7. The Bertz CT molecular complexity index is 1270. The molecule has 0 radical (unpaired) electrons. The fourth-order valence-corrected chi connectivity index (χ4v) is 5.81. The summed E-state index contributed by atoms with van der Waals surface area (Å²) in [5.74, 6) is -0.00145. The Labute approximate surface area is 217 Å². The number of esters is 1. The number of carbonyl (C=O) groups excluding carboxylic acids is 3. The van der Waals surface area contributed by atoms with E-state index in [4.69, 9.17) is 4.74 Å². The van der Waals surface area contributed by atoms with Crippen LogP contribution < -0.4 is 5.32 Å². The molecule has 6 nitrogen and oxygen atoms in total. The number of anilines is 1. The van der Waals surface area contributed by atoms with Crippen molar-refractivity contribution in [2.75, 3.05) is 31.5 Å². The number of quaternary nitrogens is 1. The van der Waals surface area contributed by atoms with Crippen molar-refractivity contribution < 1.29 is 23.6 Å².